The Balaban J connectivity index is 1.47. The number of nitrogens with zero attached hydrogens (tertiary/aromatic N) is 3. The number of nitrogens with one attached hydrogen (secondary N) is 1. The number of aromatic nitrogens is 3. The van der Waals surface area contributed by atoms with Gasteiger partial charge < -0.3 is 14.6 Å². The molecule has 0 unspecified atom stereocenters. The van der Waals surface area contributed by atoms with E-state index in [0.717, 1.165) is 23.3 Å². The SMILES string of the molecule is Cc1ccc(Cn2cc(Cl)c(NC(=O)c3noc(C)c3COc3ccc(F)cc3F)n2)cc1. The first kappa shape index (κ1) is 22.5. The van der Waals surface area contributed by atoms with E-state index in [4.69, 9.17) is 20.9 Å². The fourth-order valence-electron chi connectivity index (χ4n) is 3.09. The molecule has 0 bridgehead atoms. The van der Waals surface area contributed by atoms with Gasteiger partial charge in [0.25, 0.3) is 5.91 Å². The summed E-state index contributed by atoms with van der Waals surface area (Å²) in [5.41, 5.74) is 2.43. The van der Waals surface area contributed by atoms with Crippen LogP contribution in [0.3, 0.4) is 0 Å². The Hall–Kier alpha value is -3.72. The van der Waals surface area contributed by atoms with Crippen molar-refractivity contribution in [3.05, 3.63) is 93.5 Å². The molecule has 170 valence electrons. The second kappa shape index (κ2) is 9.41. The summed E-state index contributed by atoms with van der Waals surface area (Å²) in [5, 5.41) is 11.0. The van der Waals surface area contributed by atoms with Gasteiger partial charge in [-0.05, 0) is 31.5 Å². The molecule has 0 radical (unpaired) electrons. The minimum Gasteiger partial charge on any atom is -0.486 e. The van der Waals surface area contributed by atoms with E-state index in [1.165, 1.54) is 0 Å². The van der Waals surface area contributed by atoms with Crippen LogP contribution in [-0.4, -0.2) is 20.8 Å². The molecule has 4 aromatic rings. The Morgan fingerprint density at radius 3 is 2.67 bits per heavy atom. The van der Waals surface area contributed by atoms with E-state index in [-0.39, 0.29) is 28.9 Å². The lowest BCUT2D eigenvalue weighted by molar-refractivity contribution is 0.101. The van der Waals surface area contributed by atoms with Crippen molar-refractivity contribution < 1.29 is 22.8 Å². The molecule has 1 N–H and O–H groups in total. The summed E-state index contributed by atoms with van der Waals surface area (Å²) < 4.78 is 39.0. The molecule has 33 heavy (non-hydrogen) atoms. The lowest BCUT2D eigenvalue weighted by Gasteiger charge is -2.08. The van der Waals surface area contributed by atoms with E-state index in [0.29, 0.717) is 23.9 Å². The van der Waals surface area contributed by atoms with E-state index >= 15 is 0 Å². The predicted molar refractivity (Wildman–Crippen MR) is 117 cm³/mol. The van der Waals surface area contributed by atoms with Gasteiger partial charge in [0.1, 0.15) is 23.2 Å². The van der Waals surface area contributed by atoms with Gasteiger partial charge in [0.2, 0.25) is 0 Å². The topological polar surface area (TPSA) is 82.2 Å². The molecule has 0 aliphatic rings. The third kappa shape index (κ3) is 5.20. The van der Waals surface area contributed by atoms with Crippen molar-refractivity contribution in [3.8, 4) is 5.75 Å². The zero-order valence-corrected chi connectivity index (χ0v) is 18.5. The van der Waals surface area contributed by atoms with Gasteiger partial charge in [-0.2, -0.15) is 5.10 Å². The second-order valence-corrected chi connectivity index (χ2v) is 7.80. The van der Waals surface area contributed by atoms with E-state index in [1.54, 1.807) is 17.8 Å². The molecule has 2 aromatic carbocycles. The van der Waals surface area contributed by atoms with Crippen molar-refractivity contribution in [2.45, 2.75) is 27.0 Å². The first-order chi connectivity index (χ1) is 15.8. The Labute approximate surface area is 192 Å². The predicted octanol–water partition coefficient (Wildman–Crippen LogP) is 5.30. The van der Waals surface area contributed by atoms with Gasteiger partial charge in [-0.3, -0.25) is 9.48 Å². The standard InChI is InChI=1S/C23H19ClF2N4O3/c1-13-3-5-15(6-4-13)10-30-11-18(24)22(28-30)27-23(31)21-17(14(2)33-29-21)12-32-20-8-7-16(25)9-19(20)26/h3-9,11H,10,12H2,1-2H3,(H,27,28,31). The molecule has 2 aromatic heterocycles. The zero-order chi connectivity index (χ0) is 23.5. The summed E-state index contributed by atoms with van der Waals surface area (Å²) in [6.45, 7) is 3.85. The number of hydrogen-bond donors (Lipinski definition) is 1. The molecular weight excluding hydrogens is 454 g/mol. The van der Waals surface area contributed by atoms with Crippen LogP contribution in [0.25, 0.3) is 0 Å². The summed E-state index contributed by atoms with van der Waals surface area (Å²) >= 11 is 6.25. The van der Waals surface area contributed by atoms with Crippen molar-refractivity contribution in [1.29, 1.82) is 0 Å². The highest BCUT2D eigenvalue weighted by Gasteiger charge is 2.23. The van der Waals surface area contributed by atoms with Gasteiger partial charge in [-0.15, -0.1) is 0 Å². The number of carbonyl (C=O) groups excluding carboxylic acids is 1. The van der Waals surface area contributed by atoms with Crippen molar-refractivity contribution >= 4 is 23.3 Å². The average Bonchev–Trinajstić information content (AvgIpc) is 3.31. The summed E-state index contributed by atoms with van der Waals surface area (Å²) in [7, 11) is 0. The molecule has 0 fully saturated rings. The van der Waals surface area contributed by atoms with Crippen LogP contribution in [0.2, 0.25) is 5.02 Å². The Morgan fingerprint density at radius 2 is 1.94 bits per heavy atom. The molecular formula is C23H19ClF2N4O3. The molecule has 0 aliphatic heterocycles. The minimum absolute atomic E-state index is 0.0563. The van der Waals surface area contributed by atoms with Crippen LogP contribution in [0.1, 0.15) is 32.9 Å². The van der Waals surface area contributed by atoms with Gasteiger partial charge >= 0.3 is 0 Å². The molecule has 0 atom stereocenters. The fraction of sp³-hybridized carbons (Fsp3) is 0.174. The Bertz CT molecular complexity index is 1300. The number of hydrogen-bond acceptors (Lipinski definition) is 5. The third-order valence-corrected chi connectivity index (χ3v) is 5.16. The summed E-state index contributed by atoms with van der Waals surface area (Å²) in [4.78, 5) is 12.8. The van der Waals surface area contributed by atoms with Crippen molar-refractivity contribution in [2.24, 2.45) is 0 Å². The number of rotatable bonds is 7. The van der Waals surface area contributed by atoms with Crippen LogP contribution in [0.5, 0.6) is 5.75 Å². The van der Waals surface area contributed by atoms with E-state index in [2.05, 4.69) is 15.6 Å². The third-order valence-electron chi connectivity index (χ3n) is 4.88. The van der Waals surface area contributed by atoms with Crippen molar-refractivity contribution in [3.63, 3.8) is 0 Å². The molecule has 0 spiro atoms. The van der Waals surface area contributed by atoms with Gasteiger partial charge in [-0.25, -0.2) is 8.78 Å². The summed E-state index contributed by atoms with van der Waals surface area (Å²) in [6, 6.07) is 10.9. The van der Waals surface area contributed by atoms with Crippen LogP contribution in [0, 0.1) is 25.5 Å². The average molecular weight is 473 g/mol. The van der Waals surface area contributed by atoms with Crippen LogP contribution in [0.4, 0.5) is 14.6 Å². The maximum atomic E-state index is 13.8. The summed E-state index contributed by atoms with van der Waals surface area (Å²) in [6.07, 6.45) is 1.60. The maximum absolute atomic E-state index is 13.8. The molecule has 4 rings (SSSR count). The maximum Gasteiger partial charge on any atom is 0.279 e. The second-order valence-electron chi connectivity index (χ2n) is 7.39. The van der Waals surface area contributed by atoms with Gasteiger partial charge in [0.15, 0.2) is 23.1 Å². The Kier molecular flexibility index (Phi) is 6.41. The molecule has 0 saturated heterocycles. The highest BCUT2D eigenvalue weighted by atomic mass is 35.5. The highest BCUT2D eigenvalue weighted by molar-refractivity contribution is 6.33. The minimum atomic E-state index is -0.860. The number of benzene rings is 2. The monoisotopic (exact) mass is 472 g/mol. The largest absolute Gasteiger partial charge is 0.486 e. The smallest absolute Gasteiger partial charge is 0.279 e. The normalized spacial score (nSPS) is 10.9. The van der Waals surface area contributed by atoms with Crippen LogP contribution in [-0.2, 0) is 13.2 Å². The fourth-order valence-corrected chi connectivity index (χ4v) is 3.29. The van der Waals surface area contributed by atoms with Crippen molar-refractivity contribution in [2.75, 3.05) is 5.32 Å². The van der Waals surface area contributed by atoms with Crippen LogP contribution in [0.15, 0.2) is 53.2 Å². The number of ether oxygens (including phenoxy) is 1. The van der Waals surface area contributed by atoms with Crippen molar-refractivity contribution in [1.82, 2.24) is 14.9 Å². The first-order valence-corrected chi connectivity index (χ1v) is 10.3. The lowest BCUT2D eigenvalue weighted by Crippen LogP contribution is -2.16. The molecule has 0 saturated carbocycles. The quantitative estimate of drug-likeness (QED) is 0.394. The van der Waals surface area contributed by atoms with Crippen LogP contribution >= 0.6 is 11.6 Å². The first-order valence-electron chi connectivity index (χ1n) is 9.93. The summed E-state index contributed by atoms with van der Waals surface area (Å²) in [5.74, 6) is -1.89. The highest BCUT2D eigenvalue weighted by Crippen LogP contribution is 2.24. The molecule has 7 nitrogen and oxygen atoms in total. The number of halogens is 3. The van der Waals surface area contributed by atoms with E-state index in [1.807, 2.05) is 31.2 Å². The molecule has 2 heterocycles. The Morgan fingerprint density at radius 1 is 1.18 bits per heavy atom. The van der Waals surface area contributed by atoms with Gasteiger partial charge in [-0.1, -0.05) is 46.6 Å². The number of amides is 1. The van der Waals surface area contributed by atoms with Gasteiger partial charge in [0.05, 0.1) is 12.1 Å². The lowest BCUT2D eigenvalue weighted by atomic mass is 10.1. The number of aryl methyl sites for hydroxylation is 2. The van der Waals surface area contributed by atoms with Crippen LogP contribution < -0.4 is 10.1 Å². The van der Waals surface area contributed by atoms with E-state index in [9.17, 15) is 13.6 Å². The molecule has 10 heteroatoms. The number of carbonyl (C=O) groups is 1. The number of anilines is 1. The molecule has 1 amide bonds. The van der Waals surface area contributed by atoms with E-state index < -0.39 is 17.5 Å². The molecule has 0 aliphatic carbocycles. The zero-order valence-electron chi connectivity index (χ0n) is 17.7. The van der Waals surface area contributed by atoms with Gasteiger partial charge in [0, 0.05) is 12.3 Å².